The Hall–Kier alpha value is -1.10. The second-order valence-electron chi connectivity index (χ2n) is 5.04. The van der Waals surface area contributed by atoms with Crippen LogP contribution in [0.5, 0.6) is 6.01 Å². The van der Waals surface area contributed by atoms with Gasteiger partial charge in [-0.05, 0) is 29.9 Å². The topological polar surface area (TPSA) is 51.1 Å². The van der Waals surface area contributed by atoms with Crippen LogP contribution in [0, 0.1) is 5.41 Å². The van der Waals surface area contributed by atoms with Crippen molar-refractivity contribution in [3.8, 4) is 6.01 Å². The van der Waals surface area contributed by atoms with E-state index in [-0.39, 0.29) is 11.3 Å². The number of halogens is 1. The van der Waals surface area contributed by atoms with E-state index in [1.54, 1.807) is 0 Å². The third kappa shape index (κ3) is 2.97. The number of aromatic nitrogens is 3. The van der Waals surface area contributed by atoms with Gasteiger partial charge in [0.15, 0.2) is 0 Å². The van der Waals surface area contributed by atoms with E-state index in [0.29, 0.717) is 11.4 Å². The maximum absolute atomic E-state index is 5.84. The Morgan fingerprint density at radius 1 is 1.18 bits per heavy atom. The average Bonchev–Trinajstić information content (AvgIpc) is 2.28. The first kappa shape index (κ1) is 12.4. The minimum atomic E-state index is 0.177. The molecule has 0 aromatic carbocycles. The molecule has 0 saturated carbocycles. The van der Waals surface area contributed by atoms with Gasteiger partial charge in [0.05, 0.1) is 7.11 Å². The molecule has 2 rings (SSSR count). The highest BCUT2D eigenvalue weighted by Crippen LogP contribution is 2.31. The lowest BCUT2D eigenvalue weighted by Gasteiger charge is -2.36. The number of piperidine rings is 1. The molecule has 1 aromatic heterocycles. The maximum atomic E-state index is 5.84. The predicted molar refractivity (Wildman–Crippen MR) is 66.6 cm³/mol. The van der Waals surface area contributed by atoms with Gasteiger partial charge < -0.3 is 9.64 Å². The van der Waals surface area contributed by atoms with E-state index >= 15 is 0 Å². The zero-order chi connectivity index (χ0) is 12.5. The molecule has 0 N–H and O–H groups in total. The number of ether oxygens (including phenoxy) is 1. The first-order valence-corrected chi connectivity index (χ1v) is 6.08. The Morgan fingerprint density at radius 3 is 2.41 bits per heavy atom. The lowest BCUT2D eigenvalue weighted by Crippen LogP contribution is -2.38. The fourth-order valence-electron chi connectivity index (χ4n) is 1.87. The Kier molecular flexibility index (Phi) is 3.38. The number of nitrogens with zero attached hydrogens (tertiary/aromatic N) is 4. The molecule has 1 aliphatic rings. The third-order valence-electron chi connectivity index (χ3n) is 3.16. The van der Waals surface area contributed by atoms with Crippen LogP contribution < -0.4 is 9.64 Å². The summed E-state index contributed by atoms with van der Waals surface area (Å²) in [6.07, 6.45) is 2.25. The zero-order valence-electron chi connectivity index (χ0n) is 10.4. The van der Waals surface area contributed by atoms with Crippen molar-refractivity contribution in [1.82, 2.24) is 15.0 Å². The quantitative estimate of drug-likeness (QED) is 0.812. The van der Waals surface area contributed by atoms with Crippen LogP contribution in [0.3, 0.4) is 0 Å². The van der Waals surface area contributed by atoms with Crippen molar-refractivity contribution < 1.29 is 4.74 Å². The predicted octanol–water partition coefficient (Wildman–Crippen LogP) is 2.16. The molecular formula is C11H17ClN4O. The van der Waals surface area contributed by atoms with Crippen LogP contribution in [0.25, 0.3) is 0 Å². The summed E-state index contributed by atoms with van der Waals surface area (Å²) in [4.78, 5) is 14.4. The lowest BCUT2D eigenvalue weighted by molar-refractivity contribution is 0.277. The van der Waals surface area contributed by atoms with Crippen LogP contribution in [-0.2, 0) is 0 Å². The molecule has 2 heterocycles. The Balaban J connectivity index is 2.15. The summed E-state index contributed by atoms with van der Waals surface area (Å²) in [5, 5.41) is 0.177. The second kappa shape index (κ2) is 4.64. The number of hydrogen-bond acceptors (Lipinski definition) is 5. The molecule has 1 aromatic rings. The highest BCUT2D eigenvalue weighted by Gasteiger charge is 2.27. The number of rotatable bonds is 2. The molecule has 0 atom stereocenters. The molecule has 5 nitrogen and oxygen atoms in total. The molecule has 0 aliphatic carbocycles. The molecule has 94 valence electrons. The monoisotopic (exact) mass is 256 g/mol. The Labute approximate surface area is 106 Å². The van der Waals surface area contributed by atoms with E-state index in [4.69, 9.17) is 16.3 Å². The van der Waals surface area contributed by atoms with Crippen LogP contribution in [0.15, 0.2) is 0 Å². The molecule has 0 unspecified atom stereocenters. The first-order valence-electron chi connectivity index (χ1n) is 5.71. The van der Waals surface area contributed by atoms with E-state index < -0.39 is 0 Å². The van der Waals surface area contributed by atoms with Crippen molar-refractivity contribution >= 4 is 17.5 Å². The summed E-state index contributed by atoms with van der Waals surface area (Å²) in [5.41, 5.74) is 0.400. The third-order valence-corrected chi connectivity index (χ3v) is 3.33. The second-order valence-corrected chi connectivity index (χ2v) is 5.38. The zero-order valence-corrected chi connectivity index (χ0v) is 11.2. The van der Waals surface area contributed by atoms with Crippen molar-refractivity contribution in [3.63, 3.8) is 0 Å². The van der Waals surface area contributed by atoms with Crippen LogP contribution in [0.4, 0.5) is 5.95 Å². The van der Waals surface area contributed by atoms with Crippen molar-refractivity contribution in [3.05, 3.63) is 5.28 Å². The Bertz CT molecular complexity index is 400. The molecule has 0 amide bonds. The smallest absolute Gasteiger partial charge is 0.322 e. The Morgan fingerprint density at radius 2 is 1.82 bits per heavy atom. The van der Waals surface area contributed by atoms with E-state index in [1.165, 1.54) is 7.11 Å². The minimum absolute atomic E-state index is 0.177. The SMILES string of the molecule is COc1nc(Cl)nc(N2CCC(C)(C)CC2)n1. The molecule has 6 heteroatoms. The van der Waals surface area contributed by atoms with Gasteiger partial charge in [-0.1, -0.05) is 13.8 Å². The lowest BCUT2D eigenvalue weighted by atomic mass is 9.83. The molecule has 0 radical (unpaired) electrons. The molecule has 0 bridgehead atoms. The maximum Gasteiger partial charge on any atom is 0.322 e. The van der Waals surface area contributed by atoms with Crippen LogP contribution >= 0.6 is 11.6 Å². The first-order chi connectivity index (χ1) is 8.00. The minimum Gasteiger partial charge on any atom is -0.467 e. The van der Waals surface area contributed by atoms with Crippen molar-refractivity contribution in [2.75, 3.05) is 25.1 Å². The highest BCUT2D eigenvalue weighted by molar-refractivity contribution is 6.28. The molecule has 1 aliphatic heterocycles. The van der Waals surface area contributed by atoms with Crippen LogP contribution in [-0.4, -0.2) is 35.2 Å². The van der Waals surface area contributed by atoms with Gasteiger partial charge in [-0.3, -0.25) is 0 Å². The van der Waals surface area contributed by atoms with Crippen LogP contribution in [0.1, 0.15) is 26.7 Å². The summed E-state index contributed by atoms with van der Waals surface area (Å²) in [6, 6.07) is 0.268. The van der Waals surface area contributed by atoms with E-state index in [9.17, 15) is 0 Å². The normalized spacial score (nSPS) is 19.2. The van der Waals surface area contributed by atoms with Gasteiger partial charge in [0.25, 0.3) is 0 Å². The van der Waals surface area contributed by atoms with E-state index in [0.717, 1.165) is 25.9 Å². The van der Waals surface area contributed by atoms with Gasteiger partial charge in [-0.2, -0.15) is 15.0 Å². The molecule has 17 heavy (non-hydrogen) atoms. The van der Waals surface area contributed by atoms with Gasteiger partial charge in [0.2, 0.25) is 11.2 Å². The fraction of sp³-hybridized carbons (Fsp3) is 0.727. The van der Waals surface area contributed by atoms with Gasteiger partial charge in [0.1, 0.15) is 0 Å². The van der Waals surface area contributed by atoms with E-state index in [1.807, 2.05) is 0 Å². The molecular weight excluding hydrogens is 240 g/mol. The van der Waals surface area contributed by atoms with Gasteiger partial charge in [-0.15, -0.1) is 0 Å². The molecule has 1 fully saturated rings. The summed E-state index contributed by atoms with van der Waals surface area (Å²) in [6.45, 7) is 6.45. The van der Waals surface area contributed by atoms with Crippen LogP contribution in [0.2, 0.25) is 5.28 Å². The molecule has 1 saturated heterocycles. The van der Waals surface area contributed by atoms with Gasteiger partial charge in [0, 0.05) is 13.1 Å². The van der Waals surface area contributed by atoms with E-state index in [2.05, 4.69) is 33.7 Å². The summed E-state index contributed by atoms with van der Waals surface area (Å²) >= 11 is 5.84. The number of methoxy groups -OCH3 is 1. The summed E-state index contributed by atoms with van der Waals surface area (Å²) in [7, 11) is 1.52. The standard InChI is InChI=1S/C11H17ClN4O/c1-11(2)4-6-16(7-5-11)9-13-8(12)14-10(15-9)17-3/h4-7H2,1-3H3. The average molecular weight is 257 g/mol. The fourth-order valence-corrected chi connectivity index (χ4v) is 2.01. The number of anilines is 1. The molecule has 0 spiro atoms. The van der Waals surface area contributed by atoms with Gasteiger partial charge >= 0.3 is 6.01 Å². The largest absolute Gasteiger partial charge is 0.467 e. The van der Waals surface area contributed by atoms with Crippen molar-refractivity contribution in [1.29, 1.82) is 0 Å². The van der Waals surface area contributed by atoms with Gasteiger partial charge in [-0.25, -0.2) is 0 Å². The van der Waals surface area contributed by atoms with Crippen molar-refractivity contribution in [2.24, 2.45) is 5.41 Å². The number of hydrogen-bond donors (Lipinski definition) is 0. The highest BCUT2D eigenvalue weighted by atomic mass is 35.5. The van der Waals surface area contributed by atoms with Crippen molar-refractivity contribution in [2.45, 2.75) is 26.7 Å². The summed E-state index contributed by atoms with van der Waals surface area (Å²) < 4.78 is 4.99. The summed E-state index contributed by atoms with van der Waals surface area (Å²) in [5.74, 6) is 0.609.